The van der Waals surface area contributed by atoms with Gasteiger partial charge in [-0.1, -0.05) is 74.0 Å². The number of hydrogen-bond donors (Lipinski definition) is 0. The van der Waals surface area contributed by atoms with Crippen molar-refractivity contribution < 1.29 is 0 Å². The summed E-state index contributed by atoms with van der Waals surface area (Å²) in [5.41, 5.74) is 1.78. The van der Waals surface area contributed by atoms with Crippen molar-refractivity contribution in [3.63, 3.8) is 0 Å². The van der Waals surface area contributed by atoms with E-state index in [1.54, 1.807) is 10.8 Å². The molecule has 23 heavy (non-hydrogen) atoms. The van der Waals surface area contributed by atoms with Gasteiger partial charge in [-0.3, -0.25) is 4.90 Å². The van der Waals surface area contributed by atoms with Gasteiger partial charge in [0.05, 0.1) is 8.80 Å². The van der Waals surface area contributed by atoms with Gasteiger partial charge in [0.15, 0.2) is 0 Å². The van der Waals surface area contributed by atoms with Crippen LogP contribution >= 0.6 is 0 Å². The summed E-state index contributed by atoms with van der Waals surface area (Å²) < 4.78 is 0. The summed E-state index contributed by atoms with van der Waals surface area (Å²) >= 11 is 0. The van der Waals surface area contributed by atoms with Crippen LogP contribution in [0.1, 0.15) is 39.5 Å². The van der Waals surface area contributed by atoms with Gasteiger partial charge < -0.3 is 0 Å². The molecule has 0 unspecified atom stereocenters. The number of hydrogen-bond acceptors (Lipinski definition) is 1. The molecule has 125 valence electrons. The Bertz CT molecular complexity index is 522. The number of nitrogens with zero attached hydrogens (tertiary/aromatic N) is 1. The molecular weight excluding hydrogens is 294 g/mol. The predicted molar refractivity (Wildman–Crippen MR) is 103 cm³/mol. The minimum absolute atomic E-state index is 0.451. The highest BCUT2D eigenvalue weighted by Crippen LogP contribution is 2.37. The van der Waals surface area contributed by atoms with Gasteiger partial charge in [-0.2, -0.15) is 0 Å². The summed E-state index contributed by atoms with van der Waals surface area (Å²) in [5, 5.41) is 1.61. The molecule has 3 rings (SSSR count). The van der Waals surface area contributed by atoms with E-state index in [4.69, 9.17) is 0 Å². The van der Waals surface area contributed by atoms with Gasteiger partial charge in [-0.25, -0.2) is 0 Å². The smallest absolute Gasteiger partial charge is 0.0830 e. The topological polar surface area (TPSA) is 3.24 Å². The third-order valence-electron chi connectivity index (χ3n) is 5.63. The predicted octanol–water partition coefficient (Wildman–Crippen LogP) is 4.48. The minimum Gasteiger partial charge on any atom is -0.299 e. The van der Waals surface area contributed by atoms with E-state index in [2.05, 4.69) is 61.7 Å². The molecule has 2 saturated heterocycles. The average Bonchev–Trinajstić information content (AvgIpc) is 2.57. The zero-order valence-electron chi connectivity index (χ0n) is 15.1. The minimum atomic E-state index is -0.451. The Morgan fingerprint density at radius 2 is 1.96 bits per heavy atom. The molecule has 0 saturated carbocycles. The van der Waals surface area contributed by atoms with E-state index < -0.39 is 8.80 Å². The monoisotopic (exact) mass is 326 g/mol. The number of piperidine rings is 2. The molecule has 2 heterocycles. The highest BCUT2D eigenvalue weighted by atomic mass is 28.3. The molecule has 0 aromatic heterocycles. The number of rotatable bonds is 4. The Labute approximate surface area is 144 Å². The zero-order valence-corrected chi connectivity index (χ0v) is 16.1. The number of benzene rings is 1. The lowest BCUT2D eigenvalue weighted by atomic mass is 9.80. The van der Waals surface area contributed by atoms with Crippen LogP contribution in [-0.4, -0.2) is 32.8 Å². The lowest BCUT2D eigenvalue weighted by molar-refractivity contribution is 0.0947. The molecule has 2 heteroatoms. The Kier molecular flexibility index (Phi) is 5.76. The van der Waals surface area contributed by atoms with Crippen molar-refractivity contribution in [2.45, 2.75) is 58.2 Å². The molecule has 0 aliphatic carbocycles. The summed E-state index contributed by atoms with van der Waals surface area (Å²) in [4.78, 5) is 2.81. The molecule has 2 aliphatic heterocycles. The lowest BCUT2D eigenvalue weighted by Crippen LogP contribution is -2.50. The van der Waals surface area contributed by atoms with Crippen molar-refractivity contribution in [3.8, 4) is 0 Å². The summed E-state index contributed by atoms with van der Waals surface area (Å²) in [5.74, 6) is 1.50. The highest BCUT2D eigenvalue weighted by molar-refractivity contribution is 6.72. The summed E-state index contributed by atoms with van der Waals surface area (Å²) in [6.45, 7) is 9.84. The Morgan fingerprint density at radius 1 is 1.17 bits per heavy atom. The van der Waals surface area contributed by atoms with Gasteiger partial charge in [0.25, 0.3) is 0 Å². The average molecular weight is 327 g/mol. The molecular formula is C21H32NSi. The maximum absolute atomic E-state index is 2.81. The molecule has 1 nitrogen and oxygen atoms in total. The highest BCUT2D eigenvalue weighted by Gasteiger charge is 2.36. The van der Waals surface area contributed by atoms with Gasteiger partial charge in [0.1, 0.15) is 0 Å². The first-order valence-corrected chi connectivity index (χ1v) is 11.7. The fourth-order valence-electron chi connectivity index (χ4n) is 4.53. The van der Waals surface area contributed by atoms with Gasteiger partial charge in [-0.05, 0) is 43.7 Å². The maximum atomic E-state index is 2.81. The van der Waals surface area contributed by atoms with Crippen LogP contribution in [0.3, 0.4) is 0 Å². The molecule has 1 aromatic carbocycles. The van der Waals surface area contributed by atoms with Crippen LogP contribution in [0.25, 0.3) is 0 Å². The van der Waals surface area contributed by atoms with Crippen molar-refractivity contribution in [2.75, 3.05) is 13.1 Å². The molecule has 0 amide bonds. The molecule has 1 aromatic rings. The summed E-state index contributed by atoms with van der Waals surface area (Å²) in [7, 11) is -0.451. The Balaban J connectivity index is 1.80. The van der Waals surface area contributed by atoms with Gasteiger partial charge in [0, 0.05) is 12.6 Å². The standard InChI is InChI=1S/C21H32NSi/c1-17(2)15-18-12-14-22-13-8-7-11-21(22)20(18)16-23(3)19-9-5-4-6-10-19/h4-6,9-10,15,17,20-21H,7-8,11-14,16H2,1-3H3/b18-15+/t20-,21+/m1/s1. The molecule has 2 fully saturated rings. The van der Waals surface area contributed by atoms with Crippen LogP contribution in [0.2, 0.25) is 12.6 Å². The third kappa shape index (κ3) is 4.16. The maximum Gasteiger partial charge on any atom is 0.0830 e. The zero-order chi connectivity index (χ0) is 16.2. The van der Waals surface area contributed by atoms with Crippen LogP contribution < -0.4 is 5.19 Å². The van der Waals surface area contributed by atoms with Crippen molar-refractivity contribution in [1.82, 2.24) is 4.90 Å². The quantitative estimate of drug-likeness (QED) is 0.583. The van der Waals surface area contributed by atoms with E-state index in [0.29, 0.717) is 5.92 Å². The fraction of sp³-hybridized carbons (Fsp3) is 0.619. The van der Waals surface area contributed by atoms with E-state index in [9.17, 15) is 0 Å². The molecule has 0 bridgehead atoms. The van der Waals surface area contributed by atoms with E-state index >= 15 is 0 Å². The van der Waals surface area contributed by atoms with Crippen molar-refractivity contribution >= 4 is 14.0 Å². The molecule has 2 aliphatic rings. The normalized spacial score (nSPS) is 27.6. The number of fused-ring (bicyclic) bond motifs is 1. The van der Waals surface area contributed by atoms with E-state index in [-0.39, 0.29) is 0 Å². The van der Waals surface area contributed by atoms with E-state index in [0.717, 1.165) is 12.0 Å². The number of allylic oxidation sites excluding steroid dienone is 1. The largest absolute Gasteiger partial charge is 0.299 e. The molecule has 0 spiro atoms. The first-order chi connectivity index (χ1) is 11.1. The Hall–Kier alpha value is -0.863. The van der Waals surface area contributed by atoms with Crippen LogP contribution in [-0.2, 0) is 0 Å². The van der Waals surface area contributed by atoms with Crippen LogP contribution in [0.4, 0.5) is 0 Å². The van der Waals surface area contributed by atoms with E-state index in [1.165, 1.54) is 44.8 Å². The van der Waals surface area contributed by atoms with Crippen molar-refractivity contribution in [2.24, 2.45) is 11.8 Å². The van der Waals surface area contributed by atoms with Crippen LogP contribution in [0.5, 0.6) is 0 Å². The molecule has 1 radical (unpaired) electrons. The summed E-state index contributed by atoms with van der Waals surface area (Å²) in [6, 6.07) is 13.5. The second kappa shape index (κ2) is 7.81. The first kappa shape index (κ1) is 17.0. The third-order valence-corrected chi connectivity index (χ3v) is 8.00. The van der Waals surface area contributed by atoms with Crippen molar-refractivity contribution in [1.29, 1.82) is 0 Å². The Morgan fingerprint density at radius 3 is 2.70 bits per heavy atom. The van der Waals surface area contributed by atoms with Crippen molar-refractivity contribution in [3.05, 3.63) is 42.0 Å². The SMILES string of the molecule is CC(C)/C=C1\CCN2CCCC[C@H]2[C@@H]1C[Si](C)c1ccccc1. The molecule has 2 atom stereocenters. The molecule has 0 N–H and O–H groups in total. The second-order valence-electron chi connectivity index (χ2n) is 7.79. The van der Waals surface area contributed by atoms with Gasteiger partial charge in [0.2, 0.25) is 0 Å². The lowest BCUT2D eigenvalue weighted by Gasteiger charge is -2.46. The van der Waals surface area contributed by atoms with Crippen LogP contribution in [0.15, 0.2) is 42.0 Å². The van der Waals surface area contributed by atoms with Gasteiger partial charge in [-0.15, -0.1) is 0 Å². The summed E-state index contributed by atoms with van der Waals surface area (Å²) in [6.07, 6.45) is 8.17. The first-order valence-electron chi connectivity index (χ1n) is 9.47. The van der Waals surface area contributed by atoms with Gasteiger partial charge >= 0.3 is 0 Å². The van der Waals surface area contributed by atoms with Crippen LogP contribution in [0, 0.1) is 11.8 Å². The fourth-order valence-corrected chi connectivity index (χ4v) is 6.72. The second-order valence-corrected chi connectivity index (χ2v) is 10.3. The van der Waals surface area contributed by atoms with E-state index in [1.807, 2.05) is 0 Å².